The van der Waals surface area contributed by atoms with Crippen LogP contribution < -0.4 is 5.32 Å². The van der Waals surface area contributed by atoms with Crippen molar-refractivity contribution in [2.75, 3.05) is 18.9 Å². The number of amides is 1. The first-order valence-electron chi connectivity index (χ1n) is 9.03. The van der Waals surface area contributed by atoms with Gasteiger partial charge in [-0.2, -0.15) is 0 Å². The summed E-state index contributed by atoms with van der Waals surface area (Å²) in [5, 5.41) is 6.17. The summed E-state index contributed by atoms with van der Waals surface area (Å²) in [5.41, 5.74) is 3.51. The van der Waals surface area contributed by atoms with Crippen LogP contribution in [0.2, 0.25) is 0 Å². The number of anilines is 1. The molecule has 1 amide bonds. The minimum Gasteiger partial charge on any atom is -0.376 e. The molecule has 1 aliphatic heterocycles. The number of carbonyl (C=O) groups excluding carboxylic acids is 1. The first-order chi connectivity index (χ1) is 13.8. The molecule has 0 radical (unpaired) electrons. The Labute approximate surface area is 177 Å². The Balaban J connectivity index is 2.00. The lowest BCUT2D eigenvalue weighted by molar-refractivity contribution is -0.112. The third-order valence-electron chi connectivity index (χ3n) is 4.06. The molecule has 0 saturated heterocycles. The molecular weight excluding hydrogens is 384 g/mol. The zero-order valence-electron chi connectivity index (χ0n) is 17.0. The average molecular weight is 411 g/mol. The normalized spacial score (nSPS) is 14.7. The van der Waals surface area contributed by atoms with E-state index >= 15 is 0 Å². The van der Waals surface area contributed by atoms with Gasteiger partial charge in [0.1, 0.15) is 11.6 Å². The number of oxime groups is 1. The van der Waals surface area contributed by atoms with Crippen LogP contribution in [0.25, 0.3) is 6.08 Å². The van der Waals surface area contributed by atoms with Gasteiger partial charge in [0.25, 0.3) is 5.91 Å². The number of rotatable bonds is 8. The smallest absolute Gasteiger partial charge is 0.256 e. The molecule has 29 heavy (non-hydrogen) atoms. The quantitative estimate of drug-likeness (QED) is 0.217. The highest BCUT2D eigenvalue weighted by Gasteiger charge is 2.15. The molecule has 1 aromatic heterocycles. The van der Waals surface area contributed by atoms with Crippen molar-refractivity contribution in [2.45, 2.75) is 20.3 Å². The van der Waals surface area contributed by atoms with E-state index in [1.54, 1.807) is 12.3 Å². The number of allylic oxidation sites excluding steroid dienone is 3. The maximum absolute atomic E-state index is 12.5. The molecule has 0 unspecified atom stereocenters. The van der Waals surface area contributed by atoms with Crippen LogP contribution in [0.3, 0.4) is 0 Å². The number of aromatic nitrogens is 1. The lowest BCUT2D eigenvalue weighted by atomic mass is 10.1. The van der Waals surface area contributed by atoms with Crippen molar-refractivity contribution < 1.29 is 9.63 Å². The van der Waals surface area contributed by atoms with E-state index in [1.807, 2.05) is 56.3 Å². The van der Waals surface area contributed by atoms with Gasteiger partial charge in [0, 0.05) is 44.7 Å². The molecule has 152 valence electrons. The number of hydrogen-bond donors (Lipinski definition) is 2. The molecule has 1 aromatic rings. The Morgan fingerprint density at radius 3 is 2.86 bits per heavy atom. The van der Waals surface area contributed by atoms with Crippen LogP contribution in [0.5, 0.6) is 0 Å². The average Bonchev–Trinajstić information content (AvgIpc) is 2.63. The van der Waals surface area contributed by atoms with Gasteiger partial charge in [-0.1, -0.05) is 23.9 Å². The lowest BCUT2D eigenvalue weighted by Crippen LogP contribution is -2.23. The van der Waals surface area contributed by atoms with Crippen molar-refractivity contribution >= 4 is 37.1 Å². The molecule has 0 aliphatic carbocycles. The molecule has 0 saturated carbocycles. The zero-order valence-corrected chi connectivity index (χ0v) is 17.9. The fourth-order valence-electron chi connectivity index (χ4n) is 2.81. The monoisotopic (exact) mass is 410 g/mol. The number of nitrogens with zero attached hydrogens (tertiary/aromatic N) is 3. The predicted octanol–water partition coefficient (Wildman–Crippen LogP) is 4.55. The van der Waals surface area contributed by atoms with Crippen LogP contribution in [0, 0.1) is 0 Å². The van der Waals surface area contributed by atoms with Crippen LogP contribution >= 0.6 is 12.6 Å². The third-order valence-corrected chi connectivity index (χ3v) is 4.34. The first-order valence-corrected chi connectivity index (χ1v) is 9.48. The van der Waals surface area contributed by atoms with E-state index in [-0.39, 0.29) is 5.91 Å². The molecule has 0 spiro atoms. The van der Waals surface area contributed by atoms with Gasteiger partial charge in [-0.3, -0.25) is 4.79 Å². The molecular formula is C22H26N4O2S. The van der Waals surface area contributed by atoms with E-state index in [9.17, 15) is 4.79 Å². The number of carbonyl (C=O) groups is 1. The van der Waals surface area contributed by atoms with Gasteiger partial charge >= 0.3 is 0 Å². The van der Waals surface area contributed by atoms with Gasteiger partial charge in [0.05, 0.1) is 0 Å². The third kappa shape index (κ3) is 7.12. The van der Waals surface area contributed by atoms with Gasteiger partial charge in [-0.25, -0.2) is 4.98 Å². The van der Waals surface area contributed by atoms with Crippen molar-refractivity contribution in [1.29, 1.82) is 0 Å². The minimum absolute atomic E-state index is 0.155. The minimum atomic E-state index is -0.155. The van der Waals surface area contributed by atoms with Gasteiger partial charge in [0.15, 0.2) is 0 Å². The Hall–Kier alpha value is -3.06. The van der Waals surface area contributed by atoms with Gasteiger partial charge in [-0.05, 0) is 53.7 Å². The van der Waals surface area contributed by atoms with Crippen LogP contribution in [-0.4, -0.2) is 36.1 Å². The maximum Gasteiger partial charge on any atom is 0.256 e. The number of nitrogens with one attached hydrogen (secondary N) is 1. The number of likely N-dealkylation sites (N-methyl/N-ethyl adjacent to an activating group) is 1. The summed E-state index contributed by atoms with van der Waals surface area (Å²) < 4.78 is 0. The van der Waals surface area contributed by atoms with Gasteiger partial charge in [0.2, 0.25) is 0 Å². The van der Waals surface area contributed by atoms with E-state index in [0.29, 0.717) is 30.1 Å². The first kappa shape index (κ1) is 22.2. The second-order valence-electron chi connectivity index (χ2n) is 6.76. The highest BCUT2D eigenvalue weighted by molar-refractivity contribution is 7.84. The standard InChI is InChI=1S/C22H26N4O2S/c1-15(11-19(29)12-17(3)28-23-4)10-18-6-7-21(24-13-18)25-22(27)20-8-9-26(5)14-16(20)2/h6-8,10-11,13-14,29H,3-4,9,12H2,1-2,5H3,(H,24,25,27)/b15-10+,19-11-. The fraction of sp³-hybridized carbons (Fsp3) is 0.227. The molecule has 0 atom stereocenters. The molecule has 6 nitrogen and oxygen atoms in total. The van der Waals surface area contributed by atoms with Gasteiger partial charge in [-0.15, -0.1) is 12.6 Å². The van der Waals surface area contributed by atoms with E-state index < -0.39 is 0 Å². The molecule has 1 N–H and O–H groups in total. The van der Waals surface area contributed by atoms with E-state index in [4.69, 9.17) is 4.84 Å². The zero-order chi connectivity index (χ0) is 21.4. The van der Waals surface area contributed by atoms with E-state index in [1.165, 1.54) is 0 Å². The van der Waals surface area contributed by atoms with Crippen molar-refractivity contribution in [3.05, 3.63) is 76.2 Å². The van der Waals surface area contributed by atoms with Crippen molar-refractivity contribution in [1.82, 2.24) is 9.88 Å². The summed E-state index contributed by atoms with van der Waals surface area (Å²) in [6.07, 6.45) is 9.92. The van der Waals surface area contributed by atoms with Crippen LogP contribution in [-0.2, 0) is 9.63 Å². The summed E-state index contributed by atoms with van der Waals surface area (Å²) in [6.45, 7) is 11.6. The van der Waals surface area contributed by atoms with E-state index in [0.717, 1.165) is 21.6 Å². The molecule has 0 fully saturated rings. The Morgan fingerprint density at radius 1 is 1.48 bits per heavy atom. The van der Waals surface area contributed by atoms with Crippen LogP contribution in [0.1, 0.15) is 25.8 Å². The summed E-state index contributed by atoms with van der Waals surface area (Å²) in [4.78, 5) is 24.5. The number of hydrogen-bond acceptors (Lipinski definition) is 6. The largest absolute Gasteiger partial charge is 0.376 e. The second kappa shape index (κ2) is 10.5. The Morgan fingerprint density at radius 2 is 2.24 bits per heavy atom. The van der Waals surface area contributed by atoms with Gasteiger partial charge < -0.3 is 15.1 Å². The highest BCUT2D eigenvalue weighted by atomic mass is 32.1. The summed E-state index contributed by atoms with van der Waals surface area (Å²) in [6, 6.07) is 3.68. The Kier molecular flexibility index (Phi) is 8.03. The highest BCUT2D eigenvalue weighted by Crippen LogP contribution is 2.19. The fourth-order valence-corrected chi connectivity index (χ4v) is 3.19. The van der Waals surface area contributed by atoms with Crippen molar-refractivity contribution in [2.24, 2.45) is 5.16 Å². The number of thiol groups is 1. The van der Waals surface area contributed by atoms with E-state index in [2.05, 4.69) is 41.4 Å². The molecule has 7 heteroatoms. The van der Waals surface area contributed by atoms with Crippen LogP contribution in [0.15, 0.2) is 75.8 Å². The predicted molar refractivity (Wildman–Crippen MR) is 122 cm³/mol. The summed E-state index contributed by atoms with van der Waals surface area (Å²) >= 11 is 4.43. The molecule has 0 aromatic carbocycles. The molecule has 1 aliphatic rings. The summed E-state index contributed by atoms with van der Waals surface area (Å²) in [7, 11) is 1.97. The van der Waals surface area contributed by atoms with Crippen LogP contribution in [0.4, 0.5) is 5.82 Å². The van der Waals surface area contributed by atoms with Crippen molar-refractivity contribution in [3.63, 3.8) is 0 Å². The Bertz CT molecular complexity index is 911. The topological polar surface area (TPSA) is 66.8 Å². The SMILES string of the molecule is C=NOC(=C)C/C(S)=C/C(C)=C/c1ccc(NC(=O)C2=CCN(C)C=C2C)nc1. The molecule has 0 bridgehead atoms. The second-order valence-corrected chi connectivity index (χ2v) is 7.33. The lowest BCUT2D eigenvalue weighted by Gasteiger charge is -2.20. The maximum atomic E-state index is 12.5. The molecule has 2 rings (SSSR count). The van der Waals surface area contributed by atoms with Crippen molar-refractivity contribution in [3.8, 4) is 0 Å². The summed E-state index contributed by atoms with van der Waals surface area (Å²) in [5.74, 6) is 0.826. The molecule has 2 heterocycles. The number of pyridine rings is 1.